The minimum absolute atomic E-state index is 0.156. The Kier molecular flexibility index (Phi) is 8.25. The molecule has 180 valence electrons. The lowest BCUT2D eigenvalue weighted by Crippen LogP contribution is -2.29. The summed E-state index contributed by atoms with van der Waals surface area (Å²) in [5.41, 5.74) is 5.77. The van der Waals surface area contributed by atoms with Crippen molar-refractivity contribution in [1.29, 1.82) is 0 Å². The number of nitrogens with one attached hydrogen (secondary N) is 3. The van der Waals surface area contributed by atoms with Crippen molar-refractivity contribution >= 4 is 45.2 Å². The zero-order chi connectivity index (χ0) is 23.9. The molecule has 3 aromatic rings. The second kappa shape index (κ2) is 11.5. The lowest BCUT2D eigenvalue weighted by molar-refractivity contribution is 0.242. The van der Waals surface area contributed by atoms with Crippen molar-refractivity contribution in [3.8, 4) is 5.75 Å². The zero-order valence-electron chi connectivity index (χ0n) is 20.5. The Morgan fingerprint density at radius 2 is 1.85 bits per heavy atom. The van der Waals surface area contributed by atoms with Gasteiger partial charge in [-0.3, -0.25) is 4.90 Å². The fraction of sp³-hybridized carbons (Fsp3) is 0.393. The highest BCUT2D eigenvalue weighted by molar-refractivity contribution is 7.80. The number of aromatic nitrogens is 1. The molecule has 2 heterocycles. The SMILES string of the molecule is CCCCCN1CC=C(c2c[nH]c3ccc(NC(=S)Nc4ccc(OC(C)C)cc4)cc23)CC1. The van der Waals surface area contributed by atoms with E-state index in [2.05, 4.69) is 57.9 Å². The maximum atomic E-state index is 5.71. The van der Waals surface area contributed by atoms with E-state index in [0.29, 0.717) is 5.11 Å². The van der Waals surface area contributed by atoms with E-state index in [-0.39, 0.29) is 6.10 Å². The number of anilines is 2. The van der Waals surface area contributed by atoms with Crippen molar-refractivity contribution in [2.24, 2.45) is 0 Å². The van der Waals surface area contributed by atoms with E-state index in [1.807, 2.05) is 38.1 Å². The van der Waals surface area contributed by atoms with Crippen LogP contribution in [0.25, 0.3) is 16.5 Å². The van der Waals surface area contributed by atoms with Crippen LogP contribution in [0, 0.1) is 0 Å². The highest BCUT2D eigenvalue weighted by Crippen LogP contribution is 2.31. The first-order valence-electron chi connectivity index (χ1n) is 12.4. The predicted octanol–water partition coefficient (Wildman–Crippen LogP) is 7.04. The summed E-state index contributed by atoms with van der Waals surface area (Å²) >= 11 is 5.56. The minimum atomic E-state index is 0.156. The highest BCUT2D eigenvalue weighted by atomic mass is 32.1. The number of ether oxygens (including phenoxy) is 1. The summed E-state index contributed by atoms with van der Waals surface area (Å²) in [6, 6.07) is 14.2. The molecule has 34 heavy (non-hydrogen) atoms. The first-order valence-corrected chi connectivity index (χ1v) is 12.8. The van der Waals surface area contributed by atoms with Gasteiger partial charge in [0.15, 0.2) is 5.11 Å². The molecule has 0 fully saturated rings. The number of benzene rings is 2. The molecule has 0 atom stereocenters. The van der Waals surface area contributed by atoms with Crippen molar-refractivity contribution in [3.05, 3.63) is 60.3 Å². The minimum Gasteiger partial charge on any atom is -0.491 e. The molecule has 0 aliphatic carbocycles. The van der Waals surface area contributed by atoms with Gasteiger partial charge >= 0.3 is 0 Å². The van der Waals surface area contributed by atoms with Crippen LogP contribution in [0.1, 0.15) is 52.0 Å². The van der Waals surface area contributed by atoms with Crippen LogP contribution >= 0.6 is 12.2 Å². The van der Waals surface area contributed by atoms with Gasteiger partial charge in [0.2, 0.25) is 0 Å². The van der Waals surface area contributed by atoms with Crippen LogP contribution < -0.4 is 15.4 Å². The van der Waals surface area contributed by atoms with Crippen LogP contribution in [-0.2, 0) is 0 Å². The van der Waals surface area contributed by atoms with Gasteiger partial charge in [-0.15, -0.1) is 0 Å². The summed E-state index contributed by atoms with van der Waals surface area (Å²) in [5, 5.41) is 8.38. The maximum absolute atomic E-state index is 5.71. The van der Waals surface area contributed by atoms with Crippen LogP contribution in [0.2, 0.25) is 0 Å². The van der Waals surface area contributed by atoms with Crippen molar-refractivity contribution in [3.63, 3.8) is 0 Å². The van der Waals surface area contributed by atoms with Gasteiger partial charge in [0, 0.05) is 47.1 Å². The van der Waals surface area contributed by atoms with E-state index in [0.717, 1.165) is 42.2 Å². The fourth-order valence-electron chi connectivity index (χ4n) is 4.39. The van der Waals surface area contributed by atoms with Gasteiger partial charge in [-0.25, -0.2) is 0 Å². The maximum Gasteiger partial charge on any atom is 0.175 e. The Hall–Kier alpha value is -2.83. The van der Waals surface area contributed by atoms with E-state index in [4.69, 9.17) is 17.0 Å². The molecule has 5 nitrogen and oxygen atoms in total. The number of nitrogens with zero attached hydrogens (tertiary/aromatic N) is 1. The average Bonchev–Trinajstić information content (AvgIpc) is 3.24. The van der Waals surface area contributed by atoms with Gasteiger partial charge in [-0.05, 0) is 93.5 Å². The van der Waals surface area contributed by atoms with Crippen LogP contribution in [0.3, 0.4) is 0 Å². The van der Waals surface area contributed by atoms with Gasteiger partial charge in [-0.1, -0.05) is 25.8 Å². The molecule has 0 unspecified atom stereocenters. The topological polar surface area (TPSA) is 52.3 Å². The monoisotopic (exact) mass is 476 g/mol. The molecule has 1 aromatic heterocycles. The summed E-state index contributed by atoms with van der Waals surface area (Å²) in [6.07, 6.45) is 9.68. The van der Waals surface area contributed by atoms with Crippen LogP contribution in [0.15, 0.2) is 54.7 Å². The smallest absolute Gasteiger partial charge is 0.175 e. The van der Waals surface area contributed by atoms with Crippen molar-refractivity contribution < 1.29 is 4.74 Å². The first-order chi connectivity index (χ1) is 16.5. The fourth-order valence-corrected chi connectivity index (χ4v) is 4.63. The first kappa shape index (κ1) is 24.3. The molecule has 0 saturated heterocycles. The van der Waals surface area contributed by atoms with E-state index in [1.165, 1.54) is 42.3 Å². The van der Waals surface area contributed by atoms with Gasteiger partial charge in [-0.2, -0.15) is 0 Å². The van der Waals surface area contributed by atoms with Gasteiger partial charge in [0.05, 0.1) is 6.10 Å². The average molecular weight is 477 g/mol. The van der Waals surface area contributed by atoms with Gasteiger partial charge < -0.3 is 20.4 Å². The molecular formula is C28H36N4OS. The van der Waals surface area contributed by atoms with Crippen LogP contribution in [0.5, 0.6) is 5.75 Å². The summed E-state index contributed by atoms with van der Waals surface area (Å²) in [7, 11) is 0. The van der Waals surface area contributed by atoms with Gasteiger partial charge in [0.25, 0.3) is 0 Å². The number of rotatable bonds is 9. The summed E-state index contributed by atoms with van der Waals surface area (Å²) in [6.45, 7) is 9.68. The third-order valence-electron chi connectivity index (χ3n) is 6.14. The highest BCUT2D eigenvalue weighted by Gasteiger charge is 2.16. The molecule has 6 heteroatoms. The third kappa shape index (κ3) is 6.39. The van der Waals surface area contributed by atoms with Crippen molar-refractivity contribution in [1.82, 2.24) is 9.88 Å². The standard InChI is InChI=1S/C28H36N4OS/c1-4-5-6-15-32-16-13-21(14-17-32)26-19-29-27-12-9-23(18-25(26)27)31-28(34)30-22-7-10-24(11-8-22)33-20(2)3/h7-13,18-20,29H,4-6,14-17H2,1-3H3,(H2,30,31,34). The number of thiocarbonyl (C=S) groups is 1. The summed E-state index contributed by atoms with van der Waals surface area (Å²) in [5.74, 6) is 0.853. The predicted molar refractivity (Wildman–Crippen MR) is 149 cm³/mol. The molecule has 4 rings (SSSR count). The van der Waals surface area contributed by atoms with E-state index in [1.54, 1.807) is 0 Å². The molecule has 1 aliphatic rings. The molecule has 0 radical (unpaired) electrons. The lowest BCUT2D eigenvalue weighted by atomic mass is 9.98. The number of unbranched alkanes of at least 4 members (excludes halogenated alkanes) is 2. The molecule has 0 amide bonds. The molecule has 3 N–H and O–H groups in total. The molecule has 0 saturated carbocycles. The molecular weight excluding hydrogens is 440 g/mol. The number of hydrogen-bond donors (Lipinski definition) is 3. The van der Waals surface area contributed by atoms with E-state index >= 15 is 0 Å². The Labute approximate surface area is 208 Å². The second-order valence-electron chi connectivity index (χ2n) is 9.22. The number of aromatic amines is 1. The van der Waals surface area contributed by atoms with E-state index < -0.39 is 0 Å². The molecule has 0 bridgehead atoms. The largest absolute Gasteiger partial charge is 0.491 e. The third-order valence-corrected chi connectivity index (χ3v) is 6.34. The molecule has 1 aliphatic heterocycles. The number of fused-ring (bicyclic) bond motifs is 1. The Bertz CT molecular complexity index is 1130. The van der Waals surface area contributed by atoms with Crippen molar-refractivity contribution in [2.45, 2.75) is 52.6 Å². The summed E-state index contributed by atoms with van der Waals surface area (Å²) in [4.78, 5) is 6.00. The normalized spacial score (nSPS) is 14.3. The van der Waals surface area contributed by atoms with Crippen molar-refractivity contribution in [2.75, 3.05) is 30.3 Å². The Morgan fingerprint density at radius 1 is 1.09 bits per heavy atom. The second-order valence-corrected chi connectivity index (χ2v) is 9.63. The van der Waals surface area contributed by atoms with Crippen LogP contribution in [-0.4, -0.2) is 40.7 Å². The quantitative estimate of drug-likeness (QED) is 0.228. The molecule has 2 aromatic carbocycles. The molecule has 0 spiro atoms. The van der Waals surface area contributed by atoms with Gasteiger partial charge in [0.1, 0.15) is 5.75 Å². The van der Waals surface area contributed by atoms with E-state index in [9.17, 15) is 0 Å². The lowest BCUT2D eigenvalue weighted by Gasteiger charge is -2.26. The summed E-state index contributed by atoms with van der Waals surface area (Å²) < 4.78 is 5.71. The Balaban J connectivity index is 1.40. The number of H-pyrrole nitrogens is 1. The number of hydrogen-bond acceptors (Lipinski definition) is 3. The van der Waals surface area contributed by atoms with Crippen LogP contribution in [0.4, 0.5) is 11.4 Å². The Morgan fingerprint density at radius 3 is 2.56 bits per heavy atom. The zero-order valence-corrected chi connectivity index (χ0v) is 21.3.